The summed E-state index contributed by atoms with van der Waals surface area (Å²) < 4.78 is 5.76. The summed E-state index contributed by atoms with van der Waals surface area (Å²) in [4.78, 5) is 34.1. The average Bonchev–Trinajstić information content (AvgIpc) is 3.10. The number of hydrogen-bond acceptors (Lipinski definition) is 6. The number of pyridine rings is 1. The lowest BCUT2D eigenvalue weighted by molar-refractivity contribution is -0.140. The van der Waals surface area contributed by atoms with Crippen molar-refractivity contribution in [3.8, 4) is 5.75 Å². The van der Waals surface area contributed by atoms with E-state index in [9.17, 15) is 14.7 Å². The first-order valence-electron chi connectivity index (χ1n) is 11.7. The Labute approximate surface area is 195 Å². The van der Waals surface area contributed by atoms with E-state index in [-0.39, 0.29) is 11.3 Å². The summed E-state index contributed by atoms with van der Waals surface area (Å²) in [5.74, 6) is -0.874. The first kappa shape index (κ1) is 24.5. The third kappa shape index (κ3) is 5.60. The first-order chi connectivity index (χ1) is 16.0. The van der Waals surface area contributed by atoms with Gasteiger partial charge < -0.3 is 19.6 Å². The highest BCUT2D eigenvalue weighted by Crippen LogP contribution is 2.39. The number of aromatic nitrogens is 1. The van der Waals surface area contributed by atoms with Crippen molar-refractivity contribution in [2.45, 2.75) is 39.7 Å². The summed E-state index contributed by atoms with van der Waals surface area (Å²) in [7, 11) is 0. The number of aliphatic hydroxyl groups excluding tert-OH is 1. The second kappa shape index (κ2) is 11.6. The van der Waals surface area contributed by atoms with E-state index in [4.69, 9.17) is 4.74 Å². The smallest absolute Gasteiger partial charge is 0.295 e. The molecule has 1 N–H and O–H groups in total. The minimum atomic E-state index is -0.695. The van der Waals surface area contributed by atoms with Gasteiger partial charge in [-0.25, -0.2) is 0 Å². The van der Waals surface area contributed by atoms with Crippen molar-refractivity contribution in [3.05, 3.63) is 65.5 Å². The van der Waals surface area contributed by atoms with Crippen LogP contribution in [-0.4, -0.2) is 64.4 Å². The van der Waals surface area contributed by atoms with E-state index >= 15 is 0 Å². The number of carbonyl (C=O) groups is 2. The van der Waals surface area contributed by atoms with Crippen molar-refractivity contribution in [2.24, 2.45) is 0 Å². The predicted molar refractivity (Wildman–Crippen MR) is 128 cm³/mol. The molecule has 1 aliphatic rings. The number of nitrogens with zero attached hydrogens (tertiary/aromatic N) is 3. The summed E-state index contributed by atoms with van der Waals surface area (Å²) in [5, 5.41) is 11.2. The van der Waals surface area contributed by atoms with Gasteiger partial charge in [0.2, 0.25) is 0 Å². The zero-order valence-corrected chi connectivity index (χ0v) is 19.7. The third-order valence-corrected chi connectivity index (χ3v) is 5.97. The summed E-state index contributed by atoms with van der Waals surface area (Å²) in [5.41, 5.74) is 1.21. The Hall–Kier alpha value is -3.19. The number of aliphatic hydroxyl groups is 1. The maximum absolute atomic E-state index is 13.1. The second-order valence-corrected chi connectivity index (χ2v) is 8.04. The van der Waals surface area contributed by atoms with Crippen molar-refractivity contribution in [1.29, 1.82) is 0 Å². The number of rotatable bonds is 11. The number of ether oxygens (including phenoxy) is 1. The number of Topliss-reactive ketones (excluding diaryl/α,β-unsaturated/α-hetero) is 1. The Morgan fingerprint density at radius 3 is 2.61 bits per heavy atom. The van der Waals surface area contributed by atoms with E-state index in [0.717, 1.165) is 25.9 Å². The Morgan fingerprint density at radius 2 is 1.94 bits per heavy atom. The molecule has 1 aromatic carbocycles. The molecule has 7 nitrogen and oxygen atoms in total. The molecule has 1 fully saturated rings. The van der Waals surface area contributed by atoms with Crippen molar-refractivity contribution >= 4 is 17.4 Å². The van der Waals surface area contributed by atoms with Gasteiger partial charge in [0.25, 0.3) is 11.7 Å². The highest BCUT2D eigenvalue weighted by molar-refractivity contribution is 6.46. The quantitative estimate of drug-likeness (QED) is 0.240. The van der Waals surface area contributed by atoms with Crippen molar-refractivity contribution in [2.75, 3.05) is 32.8 Å². The fourth-order valence-electron chi connectivity index (χ4n) is 4.01. The van der Waals surface area contributed by atoms with Crippen LogP contribution in [0.25, 0.3) is 5.76 Å². The van der Waals surface area contributed by atoms with Crippen LogP contribution in [0, 0.1) is 0 Å². The number of hydrogen-bond donors (Lipinski definition) is 1. The van der Waals surface area contributed by atoms with Crippen LogP contribution in [0.1, 0.15) is 50.8 Å². The number of ketones is 1. The SMILES string of the molecule is CCCCOc1cccc(/C(O)=C2\C(=O)C(=O)N(CCN(CC)CC)C2c2cccnc2)c1. The molecular formula is C26H33N3O4. The number of carbonyl (C=O) groups excluding carboxylic acids is 2. The van der Waals surface area contributed by atoms with E-state index < -0.39 is 17.7 Å². The van der Waals surface area contributed by atoms with E-state index in [1.165, 1.54) is 0 Å². The van der Waals surface area contributed by atoms with E-state index in [2.05, 4.69) is 30.7 Å². The average molecular weight is 452 g/mol. The normalized spacial score (nSPS) is 17.7. The molecule has 2 aromatic rings. The number of benzene rings is 1. The molecule has 1 unspecified atom stereocenters. The first-order valence-corrected chi connectivity index (χ1v) is 11.7. The second-order valence-electron chi connectivity index (χ2n) is 8.04. The van der Waals surface area contributed by atoms with Crippen LogP contribution in [0.3, 0.4) is 0 Å². The van der Waals surface area contributed by atoms with Crippen LogP contribution in [0.2, 0.25) is 0 Å². The summed E-state index contributed by atoms with van der Waals surface area (Å²) >= 11 is 0. The number of likely N-dealkylation sites (tertiary alicyclic amines) is 1. The number of unbranched alkanes of at least 4 members (excludes halogenated alkanes) is 1. The molecule has 176 valence electrons. The molecule has 1 aliphatic heterocycles. The molecule has 7 heteroatoms. The zero-order chi connectivity index (χ0) is 23.8. The van der Waals surface area contributed by atoms with Crippen LogP contribution < -0.4 is 4.74 Å². The van der Waals surface area contributed by atoms with Crippen LogP contribution in [-0.2, 0) is 9.59 Å². The molecule has 1 atom stereocenters. The predicted octanol–water partition coefficient (Wildman–Crippen LogP) is 4.02. The van der Waals surface area contributed by atoms with Gasteiger partial charge in [0.05, 0.1) is 18.2 Å². The Bertz CT molecular complexity index is 986. The molecule has 0 aliphatic carbocycles. The van der Waals surface area contributed by atoms with E-state index in [1.807, 2.05) is 12.1 Å². The van der Waals surface area contributed by atoms with Gasteiger partial charge in [0.15, 0.2) is 0 Å². The molecule has 3 rings (SSSR count). The van der Waals surface area contributed by atoms with Gasteiger partial charge in [0, 0.05) is 31.0 Å². The van der Waals surface area contributed by atoms with E-state index in [0.29, 0.717) is 36.6 Å². The fraction of sp³-hybridized carbons (Fsp3) is 0.423. The Morgan fingerprint density at radius 1 is 1.15 bits per heavy atom. The number of likely N-dealkylation sites (N-methyl/N-ethyl adjacent to an activating group) is 1. The Kier molecular flexibility index (Phi) is 8.60. The van der Waals surface area contributed by atoms with Gasteiger partial charge >= 0.3 is 0 Å². The molecule has 1 aromatic heterocycles. The maximum atomic E-state index is 13.1. The van der Waals surface area contributed by atoms with Crippen molar-refractivity contribution in [3.63, 3.8) is 0 Å². The molecular weight excluding hydrogens is 418 g/mol. The van der Waals surface area contributed by atoms with Crippen LogP contribution in [0.5, 0.6) is 5.75 Å². The highest BCUT2D eigenvalue weighted by Gasteiger charge is 2.46. The van der Waals surface area contributed by atoms with Crippen LogP contribution in [0.15, 0.2) is 54.4 Å². The molecule has 0 radical (unpaired) electrons. The largest absolute Gasteiger partial charge is 0.507 e. The van der Waals surface area contributed by atoms with Gasteiger partial charge in [-0.1, -0.05) is 45.4 Å². The molecule has 0 spiro atoms. The third-order valence-electron chi connectivity index (χ3n) is 5.97. The fourth-order valence-corrected chi connectivity index (χ4v) is 4.01. The van der Waals surface area contributed by atoms with Crippen molar-refractivity contribution < 1.29 is 19.4 Å². The molecule has 0 bridgehead atoms. The highest BCUT2D eigenvalue weighted by atomic mass is 16.5. The molecule has 1 amide bonds. The molecule has 1 saturated heterocycles. The minimum absolute atomic E-state index is 0.0817. The van der Waals surface area contributed by atoms with E-state index in [1.54, 1.807) is 41.6 Å². The standard InChI is InChI=1S/C26H33N3O4/c1-4-7-16-33-21-12-8-10-19(17-21)24(30)22-23(20-11-9-13-27-18-20)29(26(32)25(22)31)15-14-28(5-2)6-3/h8-13,17-18,23,30H,4-7,14-16H2,1-3H3/b24-22+. The Balaban J connectivity index is 2.01. The zero-order valence-electron chi connectivity index (χ0n) is 19.7. The number of amides is 1. The maximum Gasteiger partial charge on any atom is 0.295 e. The lowest BCUT2D eigenvalue weighted by Gasteiger charge is -2.28. The topological polar surface area (TPSA) is 83.0 Å². The molecule has 33 heavy (non-hydrogen) atoms. The minimum Gasteiger partial charge on any atom is -0.507 e. The molecule has 0 saturated carbocycles. The van der Waals surface area contributed by atoms with Gasteiger partial charge in [-0.15, -0.1) is 0 Å². The van der Waals surface area contributed by atoms with Crippen molar-refractivity contribution in [1.82, 2.24) is 14.8 Å². The lowest BCUT2D eigenvalue weighted by atomic mass is 9.96. The van der Waals surface area contributed by atoms with Crippen LogP contribution >= 0.6 is 0 Å². The van der Waals surface area contributed by atoms with Gasteiger partial charge in [-0.2, -0.15) is 0 Å². The summed E-state index contributed by atoms with van der Waals surface area (Å²) in [6, 6.07) is 9.90. The van der Waals surface area contributed by atoms with Gasteiger partial charge in [0.1, 0.15) is 11.5 Å². The lowest BCUT2D eigenvalue weighted by Crippen LogP contribution is -2.38. The summed E-state index contributed by atoms with van der Waals surface area (Å²) in [6.07, 6.45) is 5.22. The van der Waals surface area contributed by atoms with Crippen LogP contribution in [0.4, 0.5) is 0 Å². The molecule has 2 heterocycles. The monoisotopic (exact) mass is 451 g/mol. The van der Waals surface area contributed by atoms with Gasteiger partial charge in [-0.3, -0.25) is 14.6 Å². The summed E-state index contributed by atoms with van der Waals surface area (Å²) in [6.45, 7) is 9.50. The van der Waals surface area contributed by atoms with Gasteiger partial charge in [-0.05, 0) is 43.3 Å².